The van der Waals surface area contributed by atoms with Gasteiger partial charge in [0, 0.05) is 5.41 Å². The smallest absolute Gasteiger partial charge is 0.0159 e. The van der Waals surface area contributed by atoms with Gasteiger partial charge in [0.2, 0.25) is 0 Å². The molecule has 0 radical (unpaired) electrons. The molecule has 4 aromatic rings. The number of fused-ring (bicyclic) bond motifs is 6. The summed E-state index contributed by atoms with van der Waals surface area (Å²) in [4.78, 5) is 0. The number of aryl methyl sites for hydroxylation is 2. The molecule has 0 amide bonds. The van der Waals surface area contributed by atoms with Crippen molar-refractivity contribution in [1.29, 1.82) is 0 Å². The second kappa shape index (κ2) is 5.95. The summed E-state index contributed by atoms with van der Waals surface area (Å²) in [5.74, 6) is 0. The standard InChI is InChI=1S/C30H26/c1-18-8-10-20-16-21-11-12-22(17-26(21)25(20)14-18)23-6-5-7-27-29(23)24-13-9-19(2)15-28(24)30(27,3)4/h5-15,17H,16H2,1-4H3. The lowest BCUT2D eigenvalue weighted by Crippen LogP contribution is -2.15. The molecule has 0 bridgehead atoms. The number of rotatable bonds is 1. The molecule has 2 aliphatic carbocycles. The zero-order chi connectivity index (χ0) is 20.6. The first-order chi connectivity index (χ1) is 14.4. The molecule has 0 heterocycles. The minimum Gasteiger partial charge on any atom is -0.0613 e. The van der Waals surface area contributed by atoms with Crippen molar-refractivity contribution in [3.8, 4) is 33.4 Å². The van der Waals surface area contributed by atoms with Crippen molar-refractivity contribution in [2.75, 3.05) is 0 Å². The Morgan fingerprint density at radius 1 is 0.600 bits per heavy atom. The molecule has 146 valence electrons. The highest BCUT2D eigenvalue weighted by Gasteiger charge is 2.36. The van der Waals surface area contributed by atoms with Crippen LogP contribution < -0.4 is 0 Å². The Morgan fingerprint density at radius 3 is 2.13 bits per heavy atom. The zero-order valence-electron chi connectivity index (χ0n) is 18.1. The van der Waals surface area contributed by atoms with Crippen molar-refractivity contribution in [2.45, 2.75) is 39.5 Å². The van der Waals surface area contributed by atoms with Gasteiger partial charge >= 0.3 is 0 Å². The van der Waals surface area contributed by atoms with E-state index in [-0.39, 0.29) is 5.41 Å². The molecule has 0 spiro atoms. The lowest BCUT2D eigenvalue weighted by atomic mass is 9.81. The molecule has 0 fully saturated rings. The number of hydrogen-bond donors (Lipinski definition) is 0. The molecule has 0 nitrogen and oxygen atoms in total. The monoisotopic (exact) mass is 386 g/mol. The minimum atomic E-state index is 0.0349. The van der Waals surface area contributed by atoms with E-state index in [1.54, 1.807) is 0 Å². The third kappa shape index (κ3) is 2.34. The van der Waals surface area contributed by atoms with Crippen LogP contribution >= 0.6 is 0 Å². The van der Waals surface area contributed by atoms with E-state index in [1.165, 1.54) is 66.8 Å². The summed E-state index contributed by atoms with van der Waals surface area (Å²) < 4.78 is 0. The van der Waals surface area contributed by atoms with Gasteiger partial charge in [-0.05, 0) is 82.0 Å². The van der Waals surface area contributed by atoms with Gasteiger partial charge in [0.1, 0.15) is 0 Å². The van der Waals surface area contributed by atoms with E-state index in [0.717, 1.165) is 6.42 Å². The maximum absolute atomic E-state index is 2.43. The summed E-state index contributed by atoms with van der Waals surface area (Å²) in [6, 6.07) is 27.8. The molecule has 0 aromatic heterocycles. The van der Waals surface area contributed by atoms with E-state index >= 15 is 0 Å². The molecule has 2 aliphatic rings. The van der Waals surface area contributed by atoms with Crippen LogP contribution in [-0.4, -0.2) is 0 Å². The molecule has 0 saturated carbocycles. The lowest BCUT2D eigenvalue weighted by Gasteiger charge is -2.22. The van der Waals surface area contributed by atoms with Crippen LogP contribution in [0.3, 0.4) is 0 Å². The fraction of sp³-hybridized carbons (Fsp3) is 0.200. The average molecular weight is 387 g/mol. The summed E-state index contributed by atoms with van der Waals surface area (Å²) in [6.07, 6.45) is 1.05. The second-order valence-electron chi connectivity index (χ2n) is 9.61. The van der Waals surface area contributed by atoms with Crippen molar-refractivity contribution >= 4 is 0 Å². The Balaban J connectivity index is 1.59. The minimum absolute atomic E-state index is 0.0349. The number of hydrogen-bond acceptors (Lipinski definition) is 0. The third-order valence-electron chi connectivity index (χ3n) is 7.21. The Hall–Kier alpha value is -3.12. The normalized spacial score (nSPS) is 14.8. The van der Waals surface area contributed by atoms with Gasteiger partial charge in [-0.15, -0.1) is 0 Å². The predicted octanol–water partition coefficient (Wildman–Crippen LogP) is 7.85. The Bertz CT molecular complexity index is 1350. The molecule has 4 aromatic carbocycles. The van der Waals surface area contributed by atoms with Crippen molar-refractivity contribution in [3.63, 3.8) is 0 Å². The fourth-order valence-corrected chi connectivity index (χ4v) is 5.59. The average Bonchev–Trinajstić information content (AvgIpc) is 3.20. The van der Waals surface area contributed by atoms with E-state index in [9.17, 15) is 0 Å². The van der Waals surface area contributed by atoms with Gasteiger partial charge in [-0.25, -0.2) is 0 Å². The van der Waals surface area contributed by atoms with E-state index in [4.69, 9.17) is 0 Å². The molecule has 0 N–H and O–H groups in total. The lowest BCUT2D eigenvalue weighted by molar-refractivity contribution is 0.660. The summed E-state index contributed by atoms with van der Waals surface area (Å²) >= 11 is 0. The fourth-order valence-electron chi connectivity index (χ4n) is 5.59. The van der Waals surface area contributed by atoms with Crippen molar-refractivity contribution < 1.29 is 0 Å². The van der Waals surface area contributed by atoms with Gasteiger partial charge in [-0.3, -0.25) is 0 Å². The van der Waals surface area contributed by atoms with Crippen LogP contribution in [0, 0.1) is 13.8 Å². The predicted molar refractivity (Wildman–Crippen MR) is 127 cm³/mol. The highest BCUT2D eigenvalue weighted by atomic mass is 14.4. The van der Waals surface area contributed by atoms with Crippen LogP contribution in [0.1, 0.15) is 47.2 Å². The van der Waals surface area contributed by atoms with Crippen LogP contribution in [0.25, 0.3) is 33.4 Å². The van der Waals surface area contributed by atoms with Crippen LogP contribution in [0.15, 0.2) is 72.8 Å². The Kier molecular flexibility index (Phi) is 3.51. The summed E-state index contributed by atoms with van der Waals surface area (Å²) in [7, 11) is 0. The van der Waals surface area contributed by atoms with Crippen molar-refractivity contribution in [3.05, 3.63) is 106 Å². The number of benzene rings is 4. The first kappa shape index (κ1) is 17.7. The zero-order valence-corrected chi connectivity index (χ0v) is 18.1. The maximum Gasteiger partial charge on any atom is 0.0159 e. The Morgan fingerprint density at radius 2 is 1.30 bits per heavy atom. The van der Waals surface area contributed by atoms with Gasteiger partial charge < -0.3 is 0 Å². The van der Waals surface area contributed by atoms with E-state index < -0.39 is 0 Å². The molecule has 0 atom stereocenters. The SMILES string of the molecule is Cc1ccc2c(c1)-c1cc(-c3cccc4c3-c3ccc(C)cc3C4(C)C)ccc1C2. The van der Waals surface area contributed by atoms with E-state index in [0.29, 0.717) is 0 Å². The molecule has 0 saturated heterocycles. The summed E-state index contributed by atoms with van der Waals surface area (Å²) in [5.41, 5.74) is 16.8. The summed E-state index contributed by atoms with van der Waals surface area (Å²) in [5, 5.41) is 0. The molecule has 0 aliphatic heterocycles. The maximum atomic E-state index is 2.43. The van der Waals surface area contributed by atoms with Gasteiger partial charge in [0.25, 0.3) is 0 Å². The van der Waals surface area contributed by atoms with Crippen molar-refractivity contribution in [1.82, 2.24) is 0 Å². The highest BCUT2D eigenvalue weighted by molar-refractivity contribution is 5.94. The molecule has 30 heavy (non-hydrogen) atoms. The van der Waals surface area contributed by atoms with E-state index in [2.05, 4.69) is 100 Å². The van der Waals surface area contributed by atoms with E-state index in [1.807, 2.05) is 0 Å². The Labute approximate surface area is 179 Å². The quantitative estimate of drug-likeness (QED) is 0.275. The van der Waals surface area contributed by atoms with Crippen LogP contribution in [-0.2, 0) is 11.8 Å². The van der Waals surface area contributed by atoms with Crippen LogP contribution in [0.5, 0.6) is 0 Å². The molecule has 0 unspecified atom stereocenters. The van der Waals surface area contributed by atoms with Gasteiger partial charge in [0.15, 0.2) is 0 Å². The van der Waals surface area contributed by atoms with Gasteiger partial charge in [0.05, 0.1) is 0 Å². The second-order valence-corrected chi connectivity index (χ2v) is 9.61. The highest BCUT2D eigenvalue weighted by Crippen LogP contribution is 2.52. The van der Waals surface area contributed by atoms with Crippen LogP contribution in [0.2, 0.25) is 0 Å². The molecular formula is C30H26. The molecule has 6 rings (SSSR count). The largest absolute Gasteiger partial charge is 0.0613 e. The van der Waals surface area contributed by atoms with Crippen molar-refractivity contribution in [2.24, 2.45) is 0 Å². The van der Waals surface area contributed by atoms with Gasteiger partial charge in [-0.2, -0.15) is 0 Å². The topological polar surface area (TPSA) is 0 Å². The first-order valence-corrected chi connectivity index (χ1v) is 10.9. The van der Waals surface area contributed by atoms with Crippen LogP contribution in [0.4, 0.5) is 0 Å². The van der Waals surface area contributed by atoms with Gasteiger partial charge in [-0.1, -0.05) is 91.7 Å². The molecule has 0 heteroatoms. The summed E-state index contributed by atoms with van der Waals surface area (Å²) in [6.45, 7) is 9.11. The molecular weight excluding hydrogens is 360 g/mol. The third-order valence-corrected chi connectivity index (χ3v) is 7.21. The first-order valence-electron chi connectivity index (χ1n) is 10.9.